The summed E-state index contributed by atoms with van der Waals surface area (Å²) in [5.41, 5.74) is 1.29. The third-order valence-corrected chi connectivity index (χ3v) is 6.06. The van der Waals surface area contributed by atoms with Crippen molar-refractivity contribution in [2.75, 3.05) is 19.0 Å². The number of rotatable bonds is 7. The number of aromatic nitrogens is 2. The van der Waals surface area contributed by atoms with E-state index in [2.05, 4.69) is 15.3 Å². The summed E-state index contributed by atoms with van der Waals surface area (Å²) in [6, 6.07) is 11.8. The SMILES string of the molecule is CCOc1ccc([C@@H]2CC(=O)Nc3nc(SCc4ccccc4F)[nH]c(=O)c32)cc1OC. The molecule has 9 heteroatoms. The number of carbonyl (C=O) groups excluding carboxylic acids is 1. The lowest BCUT2D eigenvalue weighted by atomic mass is 9.86. The fraction of sp³-hybridized carbons (Fsp3) is 0.261. The van der Waals surface area contributed by atoms with E-state index in [1.165, 1.54) is 24.9 Å². The third-order valence-electron chi connectivity index (χ3n) is 5.14. The van der Waals surface area contributed by atoms with Gasteiger partial charge in [-0.1, -0.05) is 36.0 Å². The molecule has 0 spiro atoms. The molecule has 0 saturated heterocycles. The number of nitrogens with zero attached hydrogens (tertiary/aromatic N) is 1. The first kappa shape index (κ1) is 21.9. The summed E-state index contributed by atoms with van der Waals surface area (Å²) in [6.45, 7) is 2.36. The molecule has 1 aliphatic rings. The van der Waals surface area contributed by atoms with Crippen LogP contribution in [0.1, 0.15) is 36.0 Å². The molecule has 1 amide bonds. The maximum Gasteiger partial charge on any atom is 0.257 e. The zero-order valence-electron chi connectivity index (χ0n) is 17.6. The Kier molecular flexibility index (Phi) is 6.45. The van der Waals surface area contributed by atoms with Gasteiger partial charge < -0.3 is 19.8 Å². The first-order valence-corrected chi connectivity index (χ1v) is 11.1. The second kappa shape index (κ2) is 9.44. The molecular weight excluding hydrogens is 433 g/mol. The number of thioether (sulfide) groups is 1. The number of carbonyl (C=O) groups is 1. The van der Waals surface area contributed by atoms with Gasteiger partial charge in [-0.15, -0.1) is 0 Å². The highest BCUT2D eigenvalue weighted by atomic mass is 32.2. The molecule has 3 aromatic rings. The Morgan fingerprint density at radius 2 is 2.00 bits per heavy atom. The van der Waals surface area contributed by atoms with Crippen molar-refractivity contribution in [2.24, 2.45) is 0 Å². The van der Waals surface area contributed by atoms with Gasteiger partial charge in [0.2, 0.25) is 5.91 Å². The number of hydrogen-bond donors (Lipinski definition) is 2. The van der Waals surface area contributed by atoms with E-state index in [1.54, 1.807) is 30.3 Å². The summed E-state index contributed by atoms with van der Waals surface area (Å²) in [4.78, 5) is 32.6. The number of halogens is 1. The van der Waals surface area contributed by atoms with E-state index in [0.717, 1.165) is 5.56 Å². The van der Waals surface area contributed by atoms with Crippen LogP contribution in [0, 0.1) is 5.82 Å². The van der Waals surface area contributed by atoms with Crippen molar-refractivity contribution in [1.29, 1.82) is 0 Å². The molecule has 1 aliphatic heterocycles. The van der Waals surface area contributed by atoms with E-state index in [9.17, 15) is 14.0 Å². The lowest BCUT2D eigenvalue weighted by Crippen LogP contribution is -2.31. The van der Waals surface area contributed by atoms with Gasteiger partial charge >= 0.3 is 0 Å². The fourth-order valence-corrected chi connectivity index (χ4v) is 4.49. The van der Waals surface area contributed by atoms with Gasteiger partial charge in [-0.3, -0.25) is 9.59 Å². The highest BCUT2D eigenvalue weighted by Gasteiger charge is 2.31. The fourth-order valence-electron chi connectivity index (χ4n) is 3.64. The molecule has 1 atom stereocenters. The minimum Gasteiger partial charge on any atom is -0.493 e. The van der Waals surface area contributed by atoms with Crippen molar-refractivity contribution in [3.8, 4) is 11.5 Å². The Labute approximate surface area is 188 Å². The van der Waals surface area contributed by atoms with Gasteiger partial charge in [0, 0.05) is 18.1 Å². The van der Waals surface area contributed by atoms with Crippen LogP contribution in [0.25, 0.3) is 0 Å². The number of aromatic amines is 1. The number of H-pyrrole nitrogens is 1. The molecule has 166 valence electrons. The standard InChI is InChI=1S/C23H22FN3O4S/c1-3-31-17-9-8-13(10-18(17)30-2)15-11-19(28)25-21-20(15)22(29)27-23(26-21)32-12-14-6-4-5-7-16(14)24/h4-10,15H,3,11-12H2,1-2H3,(H2,25,26,27,28,29)/t15-/m0/s1. The Balaban J connectivity index is 1.66. The van der Waals surface area contributed by atoms with Crippen LogP contribution in [0.3, 0.4) is 0 Å². The van der Waals surface area contributed by atoms with Crippen LogP contribution < -0.4 is 20.3 Å². The molecule has 0 aliphatic carbocycles. The van der Waals surface area contributed by atoms with E-state index in [-0.39, 0.29) is 29.5 Å². The number of fused-ring (bicyclic) bond motifs is 1. The van der Waals surface area contributed by atoms with Crippen LogP contribution in [0.15, 0.2) is 52.4 Å². The van der Waals surface area contributed by atoms with Gasteiger partial charge in [-0.05, 0) is 36.2 Å². The lowest BCUT2D eigenvalue weighted by Gasteiger charge is -2.25. The normalized spacial score (nSPS) is 15.1. The maximum absolute atomic E-state index is 13.9. The van der Waals surface area contributed by atoms with Gasteiger partial charge in [0.25, 0.3) is 5.56 Å². The van der Waals surface area contributed by atoms with E-state index in [0.29, 0.717) is 40.1 Å². The van der Waals surface area contributed by atoms with Gasteiger partial charge in [-0.2, -0.15) is 0 Å². The van der Waals surface area contributed by atoms with Gasteiger partial charge in [0.15, 0.2) is 16.7 Å². The van der Waals surface area contributed by atoms with Crippen LogP contribution in [-0.2, 0) is 10.5 Å². The Hall–Kier alpha value is -3.33. The first-order valence-electron chi connectivity index (χ1n) is 10.1. The van der Waals surface area contributed by atoms with Crippen LogP contribution in [0.4, 0.5) is 10.2 Å². The predicted molar refractivity (Wildman–Crippen MR) is 120 cm³/mol. The molecular formula is C23H22FN3O4S. The van der Waals surface area contributed by atoms with E-state index in [4.69, 9.17) is 9.47 Å². The van der Waals surface area contributed by atoms with Crippen molar-refractivity contribution in [3.63, 3.8) is 0 Å². The molecule has 0 radical (unpaired) electrons. The van der Waals surface area contributed by atoms with Crippen molar-refractivity contribution in [1.82, 2.24) is 9.97 Å². The number of nitrogens with one attached hydrogen (secondary N) is 2. The molecule has 0 bridgehead atoms. The highest BCUT2D eigenvalue weighted by Crippen LogP contribution is 2.38. The topological polar surface area (TPSA) is 93.3 Å². The first-order chi connectivity index (χ1) is 15.5. The van der Waals surface area contributed by atoms with Crippen LogP contribution >= 0.6 is 11.8 Å². The van der Waals surface area contributed by atoms with Crippen LogP contribution in [-0.4, -0.2) is 29.6 Å². The van der Waals surface area contributed by atoms with Crippen LogP contribution in [0.5, 0.6) is 11.5 Å². The summed E-state index contributed by atoms with van der Waals surface area (Å²) in [7, 11) is 1.54. The summed E-state index contributed by atoms with van der Waals surface area (Å²) in [5.74, 6) is 0.590. The average molecular weight is 456 g/mol. The van der Waals surface area contributed by atoms with Gasteiger partial charge in [0.1, 0.15) is 11.6 Å². The Morgan fingerprint density at radius 1 is 1.19 bits per heavy atom. The maximum atomic E-state index is 13.9. The van der Waals surface area contributed by atoms with Gasteiger partial charge in [0.05, 0.1) is 19.3 Å². The molecule has 2 heterocycles. The smallest absolute Gasteiger partial charge is 0.257 e. The van der Waals surface area contributed by atoms with Crippen molar-refractivity contribution in [2.45, 2.75) is 30.2 Å². The monoisotopic (exact) mass is 455 g/mol. The molecule has 0 unspecified atom stereocenters. The molecule has 32 heavy (non-hydrogen) atoms. The van der Waals surface area contributed by atoms with Crippen LogP contribution in [0.2, 0.25) is 0 Å². The van der Waals surface area contributed by atoms with Crippen molar-refractivity contribution in [3.05, 3.63) is 75.3 Å². The number of hydrogen-bond acceptors (Lipinski definition) is 6. The number of methoxy groups -OCH3 is 1. The molecule has 2 N–H and O–H groups in total. The number of ether oxygens (including phenoxy) is 2. The van der Waals surface area contributed by atoms with E-state index < -0.39 is 5.92 Å². The van der Waals surface area contributed by atoms with Crippen molar-refractivity contribution >= 4 is 23.5 Å². The molecule has 4 rings (SSSR count). The van der Waals surface area contributed by atoms with Gasteiger partial charge in [-0.25, -0.2) is 9.37 Å². The minimum atomic E-state index is -0.481. The quantitative estimate of drug-likeness (QED) is 0.412. The molecule has 1 aromatic heterocycles. The lowest BCUT2D eigenvalue weighted by molar-refractivity contribution is -0.116. The zero-order chi connectivity index (χ0) is 22.7. The summed E-state index contributed by atoms with van der Waals surface area (Å²) >= 11 is 1.19. The summed E-state index contributed by atoms with van der Waals surface area (Å²) < 4.78 is 24.9. The molecule has 7 nitrogen and oxygen atoms in total. The molecule has 0 saturated carbocycles. The zero-order valence-corrected chi connectivity index (χ0v) is 18.4. The summed E-state index contributed by atoms with van der Waals surface area (Å²) in [6.07, 6.45) is 0.108. The van der Waals surface area contributed by atoms with Crippen molar-refractivity contribution < 1.29 is 18.7 Å². The second-order valence-electron chi connectivity index (χ2n) is 7.16. The number of amides is 1. The number of benzene rings is 2. The second-order valence-corrected chi connectivity index (χ2v) is 8.13. The predicted octanol–water partition coefficient (Wildman–Crippen LogP) is 4.08. The third kappa shape index (κ3) is 4.47. The average Bonchev–Trinajstić information content (AvgIpc) is 2.78. The Bertz CT molecular complexity index is 1210. The highest BCUT2D eigenvalue weighted by molar-refractivity contribution is 7.98. The summed E-state index contributed by atoms with van der Waals surface area (Å²) in [5, 5.41) is 3.00. The minimum absolute atomic E-state index is 0.108. The Morgan fingerprint density at radius 3 is 2.75 bits per heavy atom. The molecule has 0 fully saturated rings. The molecule has 2 aromatic carbocycles. The van der Waals surface area contributed by atoms with E-state index >= 15 is 0 Å². The number of anilines is 1. The largest absolute Gasteiger partial charge is 0.493 e. The van der Waals surface area contributed by atoms with E-state index in [1.807, 2.05) is 13.0 Å².